The molecular weight excluding hydrogens is 272 g/mol. The van der Waals surface area contributed by atoms with E-state index in [4.69, 9.17) is 10.2 Å². The minimum atomic E-state index is -1.27. The molecule has 0 saturated heterocycles. The molecule has 0 aliphatic rings. The molecule has 0 aromatic carbocycles. The number of thiol groups is 4. The van der Waals surface area contributed by atoms with Crippen molar-refractivity contribution in [2.24, 2.45) is 0 Å². The molecule has 0 rings (SSSR count). The van der Waals surface area contributed by atoms with Crippen LogP contribution in [0.2, 0.25) is 0 Å². The summed E-state index contributed by atoms with van der Waals surface area (Å²) < 4.78 is -2.55. The van der Waals surface area contributed by atoms with Crippen LogP contribution in [-0.2, 0) is 0 Å². The summed E-state index contributed by atoms with van der Waals surface area (Å²) in [6, 6.07) is 0. The van der Waals surface area contributed by atoms with Crippen LogP contribution in [0.15, 0.2) is 0 Å². The van der Waals surface area contributed by atoms with Gasteiger partial charge >= 0.3 is 0 Å². The first kappa shape index (κ1) is 14.0. The highest BCUT2D eigenvalue weighted by molar-refractivity contribution is 8.77. The van der Waals surface area contributed by atoms with Gasteiger partial charge in [-0.05, 0) is 0 Å². The Morgan fingerprint density at radius 3 is 1.25 bits per heavy atom. The molecule has 0 aromatic rings. The lowest BCUT2D eigenvalue weighted by Gasteiger charge is -2.16. The molecule has 8 heteroatoms. The van der Waals surface area contributed by atoms with Crippen molar-refractivity contribution in [2.45, 2.75) is 8.53 Å². The van der Waals surface area contributed by atoms with Gasteiger partial charge in [-0.2, -0.15) is 0 Å². The van der Waals surface area contributed by atoms with Gasteiger partial charge in [-0.3, -0.25) is 0 Å². The standard InChI is InChI=1S/C4H10O2S6/c5-3(7,8)1-11-12-2-4(6,9)10/h5-10H,1-2H2. The second kappa shape index (κ2) is 5.79. The summed E-state index contributed by atoms with van der Waals surface area (Å²) in [7, 11) is 2.69. The molecule has 0 atom stereocenters. The molecule has 0 aliphatic carbocycles. The van der Waals surface area contributed by atoms with Crippen molar-refractivity contribution >= 4 is 72.1 Å². The first-order chi connectivity index (χ1) is 5.21. The van der Waals surface area contributed by atoms with Crippen LogP contribution in [0.4, 0.5) is 0 Å². The Labute approximate surface area is 102 Å². The molecular formula is C4H10O2S6. The highest BCUT2D eigenvalue weighted by Crippen LogP contribution is 2.33. The molecule has 12 heavy (non-hydrogen) atoms. The maximum absolute atomic E-state index is 9.04. The molecule has 0 unspecified atom stereocenters. The van der Waals surface area contributed by atoms with Crippen molar-refractivity contribution in [2.75, 3.05) is 11.5 Å². The van der Waals surface area contributed by atoms with Crippen molar-refractivity contribution in [1.29, 1.82) is 0 Å². The van der Waals surface area contributed by atoms with Crippen LogP contribution in [0.5, 0.6) is 0 Å². The van der Waals surface area contributed by atoms with E-state index in [0.29, 0.717) is 11.5 Å². The van der Waals surface area contributed by atoms with Crippen LogP contribution >= 0.6 is 72.1 Å². The number of rotatable bonds is 5. The maximum Gasteiger partial charge on any atom is 0.161 e. The van der Waals surface area contributed by atoms with E-state index in [9.17, 15) is 0 Å². The van der Waals surface area contributed by atoms with Crippen molar-refractivity contribution in [1.82, 2.24) is 0 Å². The summed E-state index contributed by atoms with van der Waals surface area (Å²) in [6.45, 7) is 0. The largest absolute Gasteiger partial charge is 0.370 e. The van der Waals surface area contributed by atoms with Crippen LogP contribution in [-0.4, -0.2) is 30.2 Å². The van der Waals surface area contributed by atoms with E-state index < -0.39 is 8.53 Å². The third-order valence-electron chi connectivity index (χ3n) is 0.588. The zero-order chi connectivity index (χ0) is 9.83. The predicted octanol–water partition coefficient (Wildman–Crippen LogP) is 1.38. The summed E-state index contributed by atoms with van der Waals surface area (Å²) in [5.41, 5.74) is 0. The molecule has 0 aliphatic heterocycles. The Bertz CT molecular complexity index is 110. The van der Waals surface area contributed by atoms with Gasteiger partial charge in [-0.25, -0.2) is 0 Å². The third-order valence-corrected chi connectivity index (χ3v) is 4.52. The van der Waals surface area contributed by atoms with Gasteiger partial charge in [0, 0.05) is 0 Å². The van der Waals surface area contributed by atoms with E-state index in [1.54, 1.807) is 0 Å². The van der Waals surface area contributed by atoms with Crippen LogP contribution in [0.3, 0.4) is 0 Å². The van der Waals surface area contributed by atoms with E-state index in [1.807, 2.05) is 0 Å². The highest BCUT2D eigenvalue weighted by Gasteiger charge is 2.18. The molecule has 2 N–H and O–H groups in total. The maximum atomic E-state index is 9.04. The fourth-order valence-electron chi connectivity index (χ4n) is 0.241. The summed E-state index contributed by atoms with van der Waals surface area (Å²) in [6.07, 6.45) is 0. The number of aliphatic hydroxyl groups is 2. The first-order valence-corrected chi connectivity index (χ1v) is 7.07. The van der Waals surface area contributed by atoms with Gasteiger partial charge in [0.15, 0.2) is 8.53 Å². The number of hydrogen-bond donors (Lipinski definition) is 6. The summed E-state index contributed by atoms with van der Waals surface area (Å²) in [4.78, 5) is 0. The lowest BCUT2D eigenvalue weighted by molar-refractivity contribution is 0.259. The van der Waals surface area contributed by atoms with Crippen molar-refractivity contribution in [3.05, 3.63) is 0 Å². The highest BCUT2D eigenvalue weighted by atomic mass is 33.1. The summed E-state index contributed by atoms with van der Waals surface area (Å²) in [5.74, 6) is 0.697. The van der Waals surface area contributed by atoms with Crippen molar-refractivity contribution in [3.8, 4) is 0 Å². The monoisotopic (exact) mass is 282 g/mol. The van der Waals surface area contributed by atoms with Gasteiger partial charge < -0.3 is 10.2 Å². The predicted molar refractivity (Wildman–Crippen MR) is 70.8 cm³/mol. The topological polar surface area (TPSA) is 40.5 Å². The second-order valence-electron chi connectivity index (χ2n) is 2.07. The van der Waals surface area contributed by atoms with Gasteiger partial charge in [-0.1, -0.05) is 21.6 Å². The lowest BCUT2D eigenvalue weighted by atomic mass is 10.8. The van der Waals surface area contributed by atoms with E-state index >= 15 is 0 Å². The smallest absolute Gasteiger partial charge is 0.161 e. The molecule has 0 fully saturated rings. The van der Waals surface area contributed by atoms with Gasteiger partial charge in [0.05, 0.1) is 11.5 Å². The minimum absolute atomic E-state index is 0.349. The molecule has 2 nitrogen and oxygen atoms in total. The third kappa shape index (κ3) is 12.0. The molecule has 0 radical (unpaired) electrons. The zero-order valence-corrected chi connectivity index (χ0v) is 11.1. The van der Waals surface area contributed by atoms with E-state index in [2.05, 4.69) is 50.5 Å². The molecule has 0 amide bonds. The van der Waals surface area contributed by atoms with Crippen molar-refractivity contribution < 1.29 is 10.2 Å². The Morgan fingerprint density at radius 1 is 0.833 bits per heavy atom. The molecule has 0 bridgehead atoms. The Hall–Kier alpha value is 2.02. The van der Waals surface area contributed by atoms with Crippen molar-refractivity contribution in [3.63, 3.8) is 0 Å². The summed E-state index contributed by atoms with van der Waals surface area (Å²) in [5, 5.41) is 18.1. The van der Waals surface area contributed by atoms with Gasteiger partial charge in [0.2, 0.25) is 0 Å². The molecule has 74 valence electrons. The Kier molecular flexibility index (Phi) is 6.77. The van der Waals surface area contributed by atoms with E-state index in [1.165, 1.54) is 21.6 Å². The van der Waals surface area contributed by atoms with E-state index in [0.717, 1.165) is 0 Å². The Balaban J connectivity index is 3.35. The van der Waals surface area contributed by atoms with Crippen LogP contribution < -0.4 is 0 Å². The fourth-order valence-corrected chi connectivity index (χ4v) is 4.07. The lowest BCUT2D eigenvalue weighted by Crippen LogP contribution is -2.16. The van der Waals surface area contributed by atoms with Gasteiger partial charge in [0.25, 0.3) is 0 Å². The summed E-state index contributed by atoms with van der Waals surface area (Å²) >= 11 is 15.1. The van der Waals surface area contributed by atoms with Crippen LogP contribution in [0, 0.1) is 0 Å². The SMILES string of the molecule is OC(S)(S)CSSCC(O)(S)S. The zero-order valence-electron chi connectivity index (χ0n) is 5.91. The molecule has 0 spiro atoms. The normalized spacial score (nSPS) is 13.5. The number of hydrogen-bond acceptors (Lipinski definition) is 8. The first-order valence-electron chi connectivity index (χ1n) is 2.79. The fraction of sp³-hybridized carbons (Fsp3) is 1.00. The molecule has 0 heterocycles. The quantitative estimate of drug-likeness (QED) is 0.199. The minimum Gasteiger partial charge on any atom is -0.370 e. The molecule has 0 saturated carbocycles. The van der Waals surface area contributed by atoms with Crippen LogP contribution in [0.25, 0.3) is 0 Å². The molecule has 0 aromatic heterocycles. The van der Waals surface area contributed by atoms with E-state index in [-0.39, 0.29) is 0 Å². The second-order valence-corrected chi connectivity index (χ2v) is 8.20. The Morgan fingerprint density at radius 2 is 1.08 bits per heavy atom. The van der Waals surface area contributed by atoms with Crippen LogP contribution in [0.1, 0.15) is 0 Å². The average molecular weight is 283 g/mol. The average Bonchev–Trinajstić information content (AvgIpc) is 1.76. The van der Waals surface area contributed by atoms with Gasteiger partial charge in [-0.15, -0.1) is 50.5 Å². The van der Waals surface area contributed by atoms with Gasteiger partial charge in [0.1, 0.15) is 0 Å².